The molecule has 120 valence electrons. The summed E-state index contributed by atoms with van der Waals surface area (Å²) >= 11 is 0. The van der Waals surface area contributed by atoms with Crippen LogP contribution in [0, 0.1) is 0 Å². The molecular weight excluding hydrogens is 282 g/mol. The lowest BCUT2D eigenvalue weighted by molar-refractivity contribution is -0.0293. The number of morpholine rings is 1. The lowest BCUT2D eigenvalue weighted by Crippen LogP contribution is -2.44. The van der Waals surface area contributed by atoms with Crippen LogP contribution in [0.1, 0.15) is 29.0 Å². The topological polar surface area (TPSA) is 12.5 Å². The molecule has 1 heterocycles. The zero-order chi connectivity index (χ0) is 15.5. The van der Waals surface area contributed by atoms with Gasteiger partial charge < -0.3 is 4.74 Å². The molecule has 2 unspecified atom stereocenters. The molecule has 0 amide bonds. The third-order valence-corrected chi connectivity index (χ3v) is 5.26. The maximum absolute atomic E-state index is 6.00. The fraction of sp³-hybridized carbons (Fsp3) is 0.429. The maximum atomic E-state index is 6.00. The van der Waals surface area contributed by atoms with Gasteiger partial charge in [0.2, 0.25) is 0 Å². The van der Waals surface area contributed by atoms with E-state index in [0.29, 0.717) is 12.0 Å². The Labute approximate surface area is 139 Å². The highest BCUT2D eigenvalue weighted by Crippen LogP contribution is 2.33. The highest BCUT2D eigenvalue weighted by atomic mass is 16.5. The Hall–Kier alpha value is -1.64. The minimum atomic E-state index is 0.336. The normalized spacial score (nSPS) is 24.5. The van der Waals surface area contributed by atoms with E-state index in [0.717, 1.165) is 26.1 Å². The van der Waals surface area contributed by atoms with Crippen LogP contribution in [0.15, 0.2) is 54.6 Å². The van der Waals surface area contributed by atoms with Crippen molar-refractivity contribution in [3.63, 3.8) is 0 Å². The highest BCUT2D eigenvalue weighted by molar-refractivity contribution is 5.35. The number of ether oxygens (including phenoxy) is 1. The van der Waals surface area contributed by atoms with Gasteiger partial charge in [-0.15, -0.1) is 0 Å². The molecule has 23 heavy (non-hydrogen) atoms. The fourth-order valence-electron chi connectivity index (χ4n) is 4.09. The van der Waals surface area contributed by atoms with Crippen LogP contribution >= 0.6 is 0 Å². The van der Waals surface area contributed by atoms with Crippen molar-refractivity contribution in [1.29, 1.82) is 0 Å². The van der Waals surface area contributed by atoms with Crippen LogP contribution in [0.4, 0.5) is 0 Å². The van der Waals surface area contributed by atoms with Crippen LogP contribution in [0.25, 0.3) is 0 Å². The van der Waals surface area contributed by atoms with Crippen molar-refractivity contribution in [3.05, 3.63) is 71.3 Å². The number of rotatable bonds is 4. The van der Waals surface area contributed by atoms with Crippen molar-refractivity contribution in [3.8, 4) is 0 Å². The molecule has 0 aromatic heterocycles. The van der Waals surface area contributed by atoms with Crippen molar-refractivity contribution >= 4 is 0 Å². The van der Waals surface area contributed by atoms with Gasteiger partial charge in [-0.25, -0.2) is 0 Å². The van der Waals surface area contributed by atoms with Gasteiger partial charge in [-0.3, -0.25) is 4.90 Å². The average Bonchev–Trinajstić information content (AvgIpc) is 2.99. The van der Waals surface area contributed by atoms with E-state index >= 15 is 0 Å². The lowest BCUT2D eigenvalue weighted by Gasteiger charge is -2.34. The third-order valence-electron chi connectivity index (χ3n) is 5.26. The van der Waals surface area contributed by atoms with Crippen molar-refractivity contribution in [2.45, 2.75) is 31.3 Å². The van der Waals surface area contributed by atoms with E-state index in [1.54, 1.807) is 11.1 Å². The zero-order valence-corrected chi connectivity index (χ0v) is 13.7. The maximum Gasteiger partial charge on any atom is 0.0742 e. The summed E-state index contributed by atoms with van der Waals surface area (Å²) in [6.45, 7) is 4.19. The minimum Gasteiger partial charge on any atom is -0.375 e. The smallest absolute Gasteiger partial charge is 0.0742 e. The molecule has 0 saturated carbocycles. The molecule has 2 aromatic carbocycles. The fourth-order valence-corrected chi connectivity index (χ4v) is 4.09. The second-order valence-electron chi connectivity index (χ2n) is 6.88. The Balaban J connectivity index is 1.37. The van der Waals surface area contributed by atoms with Gasteiger partial charge in [0.25, 0.3) is 0 Å². The summed E-state index contributed by atoms with van der Waals surface area (Å²) in [5.41, 5.74) is 4.52. The van der Waals surface area contributed by atoms with Crippen LogP contribution in [0.2, 0.25) is 0 Å². The first kappa shape index (κ1) is 14.9. The van der Waals surface area contributed by atoms with E-state index < -0.39 is 0 Å². The molecule has 1 aliphatic carbocycles. The van der Waals surface area contributed by atoms with E-state index in [2.05, 4.69) is 59.5 Å². The molecule has 0 radical (unpaired) electrons. The van der Waals surface area contributed by atoms with E-state index in [1.165, 1.54) is 24.9 Å². The monoisotopic (exact) mass is 307 g/mol. The van der Waals surface area contributed by atoms with Gasteiger partial charge >= 0.3 is 0 Å². The van der Waals surface area contributed by atoms with Crippen LogP contribution in [-0.2, 0) is 17.6 Å². The molecule has 2 atom stereocenters. The molecule has 2 nitrogen and oxygen atoms in total. The first-order chi connectivity index (χ1) is 11.4. The van der Waals surface area contributed by atoms with Crippen LogP contribution in [0.5, 0.6) is 0 Å². The number of fused-ring (bicyclic) bond motifs is 1. The summed E-state index contributed by atoms with van der Waals surface area (Å²) in [6, 6.07) is 19.7. The number of aryl methyl sites for hydroxylation is 1. The van der Waals surface area contributed by atoms with E-state index in [1.807, 2.05) is 0 Å². The summed E-state index contributed by atoms with van der Waals surface area (Å²) < 4.78 is 6.00. The quantitative estimate of drug-likeness (QED) is 0.855. The second kappa shape index (κ2) is 6.86. The van der Waals surface area contributed by atoms with Gasteiger partial charge in [0, 0.05) is 19.6 Å². The third kappa shape index (κ3) is 3.49. The molecule has 4 rings (SSSR count). The first-order valence-corrected chi connectivity index (χ1v) is 8.84. The SMILES string of the molecule is c1ccc(CC2CN(CC3CCc4ccccc43)CCO2)cc1. The van der Waals surface area contributed by atoms with Crippen molar-refractivity contribution in [2.24, 2.45) is 0 Å². The standard InChI is InChI=1S/C21H25NO/c1-2-6-17(7-3-1)14-20-16-22(12-13-23-20)15-19-11-10-18-8-4-5-9-21(18)19/h1-9,19-20H,10-16H2. The highest BCUT2D eigenvalue weighted by Gasteiger charge is 2.27. The summed E-state index contributed by atoms with van der Waals surface area (Å²) in [6.07, 6.45) is 3.92. The van der Waals surface area contributed by atoms with Crippen LogP contribution in [0.3, 0.4) is 0 Å². The average molecular weight is 307 g/mol. The van der Waals surface area contributed by atoms with Crippen LogP contribution in [-0.4, -0.2) is 37.2 Å². The van der Waals surface area contributed by atoms with Gasteiger partial charge in [0.15, 0.2) is 0 Å². The lowest BCUT2D eigenvalue weighted by atomic mass is 10.00. The number of benzene rings is 2. The molecular formula is C21H25NO. The van der Waals surface area contributed by atoms with Crippen molar-refractivity contribution < 1.29 is 4.74 Å². The molecule has 1 aliphatic heterocycles. The van der Waals surface area contributed by atoms with Crippen molar-refractivity contribution in [1.82, 2.24) is 4.90 Å². The number of hydrogen-bond donors (Lipinski definition) is 0. The summed E-state index contributed by atoms with van der Waals surface area (Å²) in [4.78, 5) is 2.61. The number of nitrogens with zero attached hydrogens (tertiary/aromatic N) is 1. The predicted octanol–water partition coefficient (Wildman–Crippen LogP) is 3.66. The Kier molecular flexibility index (Phi) is 4.45. The largest absolute Gasteiger partial charge is 0.375 e. The summed E-state index contributed by atoms with van der Waals surface area (Å²) in [5.74, 6) is 0.710. The van der Waals surface area contributed by atoms with Gasteiger partial charge in [0.1, 0.15) is 0 Å². The zero-order valence-electron chi connectivity index (χ0n) is 13.7. The van der Waals surface area contributed by atoms with Crippen molar-refractivity contribution in [2.75, 3.05) is 26.2 Å². The molecule has 1 fully saturated rings. The molecule has 0 spiro atoms. The van der Waals surface area contributed by atoms with Gasteiger partial charge in [-0.1, -0.05) is 54.6 Å². The summed E-state index contributed by atoms with van der Waals surface area (Å²) in [7, 11) is 0. The second-order valence-corrected chi connectivity index (χ2v) is 6.88. The van der Waals surface area contributed by atoms with Gasteiger partial charge in [0.05, 0.1) is 12.7 Å². The Morgan fingerprint density at radius 3 is 2.74 bits per heavy atom. The minimum absolute atomic E-state index is 0.336. The van der Waals surface area contributed by atoms with E-state index in [4.69, 9.17) is 4.74 Å². The predicted molar refractivity (Wildman–Crippen MR) is 93.8 cm³/mol. The number of hydrogen-bond acceptors (Lipinski definition) is 2. The molecule has 2 heteroatoms. The summed E-state index contributed by atoms with van der Waals surface area (Å²) in [5, 5.41) is 0. The van der Waals surface area contributed by atoms with Gasteiger partial charge in [-0.2, -0.15) is 0 Å². The van der Waals surface area contributed by atoms with E-state index in [-0.39, 0.29) is 0 Å². The Bertz CT molecular complexity index is 639. The molecule has 2 aliphatic rings. The Morgan fingerprint density at radius 1 is 1.00 bits per heavy atom. The molecule has 0 N–H and O–H groups in total. The van der Waals surface area contributed by atoms with Crippen LogP contribution < -0.4 is 0 Å². The molecule has 2 aromatic rings. The molecule has 1 saturated heterocycles. The van der Waals surface area contributed by atoms with Gasteiger partial charge in [-0.05, 0) is 41.9 Å². The molecule has 0 bridgehead atoms. The first-order valence-electron chi connectivity index (χ1n) is 8.84. The van der Waals surface area contributed by atoms with E-state index in [9.17, 15) is 0 Å². The Morgan fingerprint density at radius 2 is 1.83 bits per heavy atom.